The van der Waals surface area contributed by atoms with Gasteiger partial charge in [-0.05, 0) is 23.6 Å². The lowest BCUT2D eigenvalue weighted by molar-refractivity contribution is -0.104. The Balaban J connectivity index is 2.72. The molecule has 0 N–H and O–H groups in total. The van der Waals surface area contributed by atoms with Crippen LogP contribution in [0, 0.1) is 0 Å². The van der Waals surface area contributed by atoms with Crippen molar-refractivity contribution in [1.82, 2.24) is 0 Å². The molecule has 0 heterocycles. The van der Waals surface area contributed by atoms with E-state index in [-0.39, 0.29) is 0 Å². The van der Waals surface area contributed by atoms with Crippen molar-refractivity contribution >= 4 is 12.4 Å². The molecule has 0 radical (unpaired) electrons. The second-order valence-corrected chi connectivity index (χ2v) is 2.98. The zero-order valence-electron chi connectivity index (χ0n) is 8.31. The monoisotopic (exact) mass is 186 g/mol. The van der Waals surface area contributed by atoms with Crippen LogP contribution in [0.5, 0.6) is 0 Å². The third-order valence-corrected chi connectivity index (χ3v) is 1.98. The first-order chi connectivity index (χ1) is 6.86. The van der Waals surface area contributed by atoms with Gasteiger partial charge in [-0.15, -0.1) is 0 Å². The summed E-state index contributed by atoms with van der Waals surface area (Å²) in [5.41, 5.74) is 2.20. The zero-order valence-corrected chi connectivity index (χ0v) is 8.31. The predicted molar refractivity (Wildman–Crippen MR) is 59.9 cm³/mol. The minimum atomic E-state index is 0.828. The summed E-state index contributed by atoms with van der Waals surface area (Å²) in [6, 6.07) is 10.0. The number of hydrogen-bond acceptors (Lipinski definition) is 1. The third kappa shape index (κ3) is 3.40. The normalized spacial score (nSPS) is 11.9. The van der Waals surface area contributed by atoms with Gasteiger partial charge in [0.15, 0.2) is 0 Å². The van der Waals surface area contributed by atoms with Crippen LogP contribution in [0.2, 0.25) is 0 Å². The average molecular weight is 186 g/mol. The first-order valence-electron chi connectivity index (χ1n) is 4.74. The Morgan fingerprint density at radius 2 is 2.00 bits per heavy atom. The largest absolute Gasteiger partial charge is 0.299 e. The van der Waals surface area contributed by atoms with Gasteiger partial charge in [-0.25, -0.2) is 0 Å². The van der Waals surface area contributed by atoms with E-state index in [0.29, 0.717) is 0 Å². The lowest BCUT2D eigenvalue weighted by atomic mass is 10.1. The van der Waals surface area contributed by atoms with E-state index >= 15 is 0 Å². The Hall–Kier alpha value is -1.63. The Kier molecular flexibility index (Phi) is 4.42. The second kappa shape index (κ2) is 5.92. The van der Waals surface area contributed by atoms with E-state index in [2.05, 4.69) is 0 Å². The minimum Gasteiger partial charge on any atom is -0.299 e. The molecule has 0 saturated carbocycles. The van der Waals surface area contributed by atoms with Crippen LogP contribution in [0.25, 0.3) is 6.08 Å². The van der Waals surface area contributed by atoms with Crippen molar-refractivity contribution in [3.8, 4) is 0 Å². The molecule has 0 aliphatic heterocycles. The van der Waals surface area contributed by atoms with Gasteiger partial charge in [-0.2, -0.15) is 0 Å². The molecule has 14 heavy (non-hydrogen) atoms. The zero-order chi connectivity index (χ0) is 10.2. The van der Waals surface area contributed by atoms with Crippen molar-refractivity contribution in [1.29, 1.82) is 0 Å². The van der Waals surface area contributed by atoms with Crippen molar-refractivity contribution in [3.05, 3.63) is 53.6 Å². The van der Waals surface area contributed by atoms with Crippen LogP contribution in [0.3, 0.4) is 0 Å². The Bertz CT molecular complexity index is 334. The molecule has 1 aromatic carbocycles. The fraction of sp³-hybridized carbons (Fsp3) is 0.154. The van der Waals surface area contributed by atoms with Gasteiger partial charge in [0.25, 0.3) is 0 Å². The van der Waals surface area contributed by atoms with Crippen LogP contribution in [-0.4, -0.2) is 6.29 Å². The van der Waals surface area contributed by atoms with Crippen LogP contribution in [0.15, 0.2) is 48.1 Å². The maximum atomic E-state index is 10.3. The van der Waals surface area contributed by atoms with Crippen LogP contribution in [0.4, 0.5) is 0 Å². The quantitative estimate of drug-likeness (QED) is 0.401. The number of aldehydes is 1. The molecule has 0 aliphatic rings. The summed E-state index contributed by atoms with van der Waals surface area (Å²) in [6.45, 7) is 2.03. The molecule has 0 bridgehead atoms. The predicted octanol–water partition coefficient (Wildman–Crippen LogP) is 3.24. The van der Waals surface area contributed by atoms with Gasteiger partial charge in [-0.1, -0.05) is 49.4 Å². The van der Waals surface area contributed by atoms with Crippen LogP contribution < -0.4 is 0 Å². The van der Waals surface area contributed by atoms with E-state index < -0.39 is 0 Å². The highest BCUT2D eigenvalue weighted by molar-refractivity contribution is 5.68. The van der Waals surface area contributed by atoms with Gasteiger partial charge in [0.05, 0.1) is 0 Å². The van der Waals surface area contributed by atoms with Crippen molar-refractivity contribution in [3.63, 3.8) is 0 Å². The van der Waals surface area contributed by atoms with E-state index in [1.165, 1.54) is 0 Å². The van der Waals surface area contributed by atoms with E-state index in [0.717, 1.165) is 23.8 Å². The van der Waals surface area contributed by atoms with Crippen molar-refractivity contribution in [2.24, 2.45) is 0 Å². The Morgan fingerprint density at radius 3 is 2.57 bits per heavy atom. The van der Waals surface area contributed by atoms with Gasteiger partial charge in [0.2, 0.25) is 0 Å². The molecular formula is C13H14O. The van der Waals surface area contributed by atoms with Crippen molar-refractivity contribution in [2.75, 3.05) is 0 Å². The first-order valence-corrected chi connectivity index (χ1v) is 4.74. The molecule has 1 aromatic rings. The van der Waals surface area contributed by atoms with Crippen molar-refractivity contribution < 1.29 is 4.79 Å². The molecule has 0 saturated heterocycles. The number of carbonyl (C=O) groups is 1. The highest BCUT2D eigenvalue weighted by Gasteiger charge is 1.87. The topological polar surface area (TPSA) is 17.1 Å². The fourth-order valence-corrected chi connectivity index (χ4v) is 1.15. The van der Waals surface area contributed by atoms with Crippen molar-refractivity contribution in [2.45, 2.75) is 13.3 Å². The van der Waals surface area contributed by atoms with E-state index in [1.807, 2.05) is 49.4 Å². The maximum absolute atomic E-state index is 10.3. The number of carbonyl (C=O) groups excluding carboxylic acids is 1. The van der Waals surface area contributed by atoms with Crippen LogP contribution >= 0.6 is 0 Å². The summed E-state index contributed by atoms with van der Waals surface area (Å²) < 4.78 is 0. The third-order valence-electron chi connectivity index (χ3n) is 1.98. The fourth-order valence-electron chi connectivity index (χ4n) is 1.15. The molecule has 0 amide bonds. The molecule has 72 valence electrons. The molecule has 1 rings (SSSR count). The van der Waals surface area contributed by atoms with E-state index in [1.54, 1.807) is 6.08 Å². The van der Waals surface area contributed by atoms with Gasteiger partial charge in [0.1, 0.15) is 6.29 Å². The highest BCUT2D eigenvalue weighted by atomic mass is 16.1. The SMILES string of the molecule is CCC(/C=C/c1ccccc1)=C\C=O. The molecule has 0 fully saturated rings. The molecular weight excluding hydrogens is 172 g/mol. The van der Waals surface area contributed by atoms with E-state index in [9.17, 15) is 4.79 Å². The molecule has 1 nitrogen and oxygen atoms in total. The molecule has 0 aliphatic carbocycles. The molecule has 0 atom stereocenters. The molecule has 1 heteroatoms. The summed E-state index contributed by atoms with van der Waals surface area (Å²) in [6.07, 6.45) is 7.29. The highest BCUT2D eigenvalue weighted by Crippen LogP contribution is 2.07. The van der Waals surface area contributed by atoms with E-state index in [4.69, 9.17) is 0 Å². The van der Waals surface area contributed by atoms with Crippen LogP contribution in [-0.2, 0) is 4.79 Å². The lowest BCUT2D eigenvalue weighted by Gasteiger charge is -1.94. The first kappa shape index (κ1) is 10.5. The van der Waals surface area contributed by atoms with Gasteiger partial charge < -0.3 is 0 Å². The summed E-state index contributed by atoms with van der Waals surface area (Å²) >= 11 is 0. The smallest absolute Gasteiger partial charge is 0.143 e. The molecule has 0 aromatic heterocycles. The standard InChI is InChI=1S/C13H14O/c1-2-12(10-11-14)8-9-13-6-4-3-5-7-13/h3-11H,2H2,1H3/b9-8+,12-10+. The van der Waals surface area contributed by atoms with Gasteiger partial charge in [0, 0.05) is 0 Å². The number of hydrogen-bond donors (Lipinski definition) is 0. The summed E-state index contributed by atoms with van der Waals surface area (Å²) in [7, 11) is 0. The minimum absolute atomic E-state index is 0.828. The summed E-state index contributed by atoms with van der Waals surface area (Å²) in [5, 5.41) is 0. The second-order valence-electron chi connectivity index (χ2n) is 2.98. The van der Waals surface area contributed by atoms with Gasteiger partial charge >= 0.3 is 0 Å². The molecule has 0 spiro atoms. The summed E-state index contributed by atoms with van der Waals surface area (Å²) in [4.78, 5) is 10.3. The number of allylic oxidation sites excluding steroid dienone is 3. The van der Waals surface area contributed by atoms with Gasteiger partial charge in [-0.3, -0.25) is 4.79 Å². The number of benzene rings is 1. The lowest BCUT2D eigenvalue weighted by Crippen LogP contribution is -1.76. The Labute approximate surface area is 84.8 Å². The summed E-state index contributed by atoms with van der Waals surface area (Å²) in [5.74, 6) is 0. The maximum Gasteiger partial charge on any atom is 0.143 e. The van der Waals surface area contributed by atoms with Crippen LogP contribution in [0.1, 0.15) is 18.9 Å². The molecule has 0 unspecified atom stereocenters. The average Bonchev–Trinajstić information content (AvgIpc) is 2.25. The Morgan fingerprint density at radius 1 is 1.29 bits per heavy atom. The number of rotatable bonds is 4.